The molecule has 0 saturated carbocycles. The van der Waals surface area contributed by atoms with Gasteiger partial charge in [-0.25, -0.2) is 4.98 Å². The van der Waals surface area contributed by atoms with Gasteiger partial charge < -0.3 is 5.73 Å². The molecule has 1 aromatic heterocycles. The van der Waals surface area contributed by atoms with E-state index < -0.39 is 0 Å². The number of halogens is 1. The van der Waals surface area contributed by atoms with Crippen LogP contribution in [-0.4, -0.2) is 11.5 Å². The molecule has 1 unspecified atom stereocenters. The molecule has 0 radical (unpaired) electrons. The normalized spacial score (nSPS) is 12.6. The van der Waals surface area contributed by atoms with E-state index in [0.717, 1.165) is 22.9 Å². The Morgan fingerprint density at radius 1 is 1.29 bits per heavy atom. The van der Waals surface area contributed by atoms with Crippen molar-refractivity contribution in [1.29, 1.82) is 0 Å². The Morgan fingerprint density at radius 3 is 2.76 bits per heavy atom. The predicted octanol–water partition coefficient (Wildman–Crippen LogP) is 3.16. The minimum atomic E-state index is 0.404. The zero-order valence-electron chi connectivity index (χ0n) is 9.47. The van der Waals surface area contributed by atoms with E-state index in [0.29, 0.717) is 12.5 Å². The van der Waals surface area contributed by atoms with Crippen molar-refractivity contribution in [2.75, 3.05) is 6.54 Å². The molecule has 2 aromatic rings. The van der Waals surface area contributed by atoms with Crippen LogP contribution in [0, 0.1) is 5.92 Å². The molecule has 0 amide bonds. The fourth-order valence-electron chi connectivity index (χ4n) is 1.81. The zero-order valence-corrected chi connectivity index (χ0v) is 11.0. The van der Waals surface area contributed by atoms with Crippen LogP contribution >= 0.6 is 22.9 Å². The van der Waals surface area contributed by atoms with Crippen LogP contribution in [0.5, 0.6) is 0 Å². The van der Waals surface area contributed by atoms with Gasteiger partial charge in [0.1, 0.15) is 0 Å². The molecule has 17 heavy (non-hydrogen) atoms. The molecule has 2 nitrogen and oxygen atoms in total. The molecular formula is C13H15ClN2S. The zero-order chi connectivity index (χ0) is 12.1. The summed E-state index contributed by atoms with van der Waals surface area (Å²) < 4.78 is 0. The number of rotatable bonds is 5. The van der Waals surface area contributed by atoms with Gasteiger partial charge in [0.2, 0.25) is 0 Å². The summed E-state index contributed by atoms with van der Waals surface area (Å²) in [6.45, 7) is 0.658. The smallest absolute Gasteiger partial charge is 0.0928 e. The summed E-state index contributed by atoms with van der Waals surface area (Å²) in [5.74, 6) is 0.404. The molecule has 0 fully saturated rings. The lowest BCUT2D eigenvalue weighted by Crippen LogP contribution is -2.19. The number of nitrogens with two attached hydrogens (primary N) is 1. The Bertz CT molecular complexity index is 456. The summed E-state index contributed by atoms with van der Waals surface area (Å²) in [5.41, 5.74) is 6.99. The third-order valence-electron chi connectivity index (χ3n) is 2.75. The molecule has 1 heterocycles. The highest BCUT2D eigenvalue weighted by molar-refractivity contribution is 7.09. The second kappa shape index (κ2) is 6.15. The molecule has 0 aliphatic carbocycles. The number of nitrogens with zero attached hydrogens (tertiary/aromatic N) is 1. The van der Waals surface area contributed by atoms with Crippen molar-refractivity contribution in [3.8, 4) is 0 Å². The van der Waals surface area contributed by atoms with Gasteiger partial charge in [-0.2, -0.15) is 0 Å². The number of hydrogen-bond donors (Lipinski definition) is 1. The lowest BCUT2D eigenvalue weighted by Gasteiger charge is -2.14. The molecule has 0 spiro atoms. The maximum atomic E-state index is 6.15. The highest BCUT2D eigenvalue weighted by Crippen LogP contribution is 2.21. The topological polar surface area (TPSA) is 38.9 Å². The van der Waals surface area contributed by atoms with Crippen LogP contribution in [0.3, 0.4) is 0 Å². The van der Waals surface area contributed by atoms with Crippen LogP contribution in [0.2, 0.25) is 5.02 Å². The van der Waals surface area contributed by atoms with Gasteiger partial charge >= 0.3 is 0 Å². The SMILES string of the molecule is NCC(Cc1nccs1)Cc1ccccc1Cl. The molecule has 4 heteroatoms. The summed E-state index contributed by atoms with van der Waals surface area (Å²) >= 11 is 7.84. The van der Waals surface area contributed by atoms with E-state index in [1.165, 1.54) is 5.56 Å². The summed E-state index contributed by atoms with van der Waals surface area (Å²) in [6, 6.07) is 7.95. The molecule has 2 rings (SSSR count). The highest BCUT2D eigenvalue weighted by atomic mass is 35.5. The molecule has 0 aliphatic heterocycles. The molecule has 2 N–H and O–H groups in total. The fourth-order valence-corrected chi connectivity index (χ4v) is 2.76. The lowest BCUT2D eigenvalue weighted by atomic mass is 9.96. The van der Waals surface area contributed by atoms with Crippen LogP contribution in [0.15, 0.2) is 35.8 Å². The summed E-state index contributed by atoms with van der Waals surface area (Å²) in [7, 11) is 0. The Morgan fingerprint density at radius 2 is 2.12 bits per heavy atom. The second-order valence-corrected chi connectivity index (χ2v) is 5.41. The van der Waals surface area contributed by atoms with E-state index in [-0.39, 0.29) is 0 Å². The average Bonchev–Trinajstić information content (AvgIpc) is 2.84. The van der Waals surface area contributed by atoms with Crippen LogP contribution in [0.4, 0.5) is 0 Å². The average molecular weight is 267 g/mol. The maximum absolute atomic E-state index is 6.15. The van der Waals surface area contributed by atoms with Crippen molar-refractivity contribution in [2.45, 2.75) is 12.8 Å². The third kappa shape index (κ3) is 3.53. The molecule has 0 saturated heterocycles. The van der Waals surface area contributed by atoms with Crippen molar-refractivity contribution in [3.05, 3.63) is 51.4 Å². The van der Waals surface area contributed by atoms with Gasteiger partial charge in [0, 0.05) is 23.0 Å². The number of hydrogen-bond acceptors (Lipinski definition) is 3. The van der Waals surface area contributed by atoms with E-state index in [4.69, 9.17) is 17.3 Å². The summed E-state index contributed by atoms with van der Waals surface area (Å²) in [6.07, 6.45) is 3.68. The highest BCUT2D eigenvalue weighted by Gasteiger charge is 2.12. The fraction of sp³-hybridized carbons (Fsp3) is 0.308. The number of aromatic nitrogens is 1. The van der Waals surface area contributed by atoms with Gasteiger partial charge in [0.25, 0.3) is 0 Å². The first-order valence-electron chi connectivity index (χ1n) is 5.61. The molecule has 1 atom stereocenters. The van der Waals surface area contributed by atoms with E-state index in [2.05, 4.69) is 11.1 Å². The quantitative estimate of drug-likeness (QED) is 0.903. The molecule has 1 aromatic carbocycles. The van der Waals surface area contributed by atoms with Gasteiger partial charge in [-0.3, -0.25) is 0 Å². The van der Waals surface area contributed by atoms with Crippen molar-refractivity contribution < 1.29 is 0 Å². The minimum absolute atomic E-state index is 0.404. The maximum Gasteiger partial charge on any atom is 0.0928 e. The third-order valence-corrected chi connectivity index (χ3v) is 3.92. The van der Waals surface area contributed by atoms with Crippen LogP contribution in [0.25, 0.3) is 0 Å². The van der Waals surface area contributed by atoms with Gasteiger partial charge in [-0.15, -0.1) is 11.3 Å². The lowest BCUT2D eigenvalue weighted by molar-refractivity contribution is 0.532. The van der Waals surface area contributed by atoms with Crippen molar-refractivity contribution in [3.63, 3.8) is 0 Å². The van der Waals surface area contributed by atoms with Crippen LogP contribution in [0.1, 0.15) is 10.6 Å². The van der Waals surface area contributed by atoms with E-state index in [1.54, 1.807) is 11.3 Å². The Hall–Kier alpha value is -0.900. The van der Waals surface area contributed by atoms with Crippen LogP contribution < -0.4 is 5.73 Å². The summed E-state index contributed by atoms with van der Waals surface area (Å²) in [5, 5.41) is 3.97. The first-order valence-corrected chi connectivity index (χ1v) is 6.87. The second-order valence-electron chi connectivity index (χ2n) is 4.03. The van der Waals surface area contributed by atoms with E-state index >= 15 is 0 Å². The largest absolute Gasteiger partial charge is 0.330 e. The number of benzene rings is 1. The molecular weight excluding hydrogens is 252 g/mol. The Balaban J connectivity index is 2.03. The molecule has 0 bridgehead atoms. The van der Waals surface area contributed by atoms with Gasteiger partial charge in [-0.05, 0) is 30.5 Å². The summed E-state index contributed by atoms with van der Waals surface area (Å²) in [4.78, 5) is 4.30. The predicted molar refractivity (Wildman–Crippen MR) is 73.5 cm³/mol. The first kappa shape index (κ1) is 12.6. The first-order chi connectivity index (χ1) is 8.29. The Kier molecular flexibility index (Phi) is 4.54. The Labute approximate surface area is 110 Å². The van der Waals surface area contributed by atoms with Gasteiger partial charge in [-0.1, -0.05) is 29.8 Å². The standard InChI is InChI=1S/C13H15ClN2S/c14-12-4-2-1-3-11(12)7-10(9-15)8-13-16-5-6-17-13/h1-6,10H,7-9,15H2. The molecule has 0 aliphatic rings. The van der Waals surface area contributed by atoms with Crippen LogP contribution in [-0.2, 0) is 12.8 Å². The molecule has 90 valence electrons. The van der Waals surface area contributed by atoms with Gasteiger partial charge in [0.15, 0.2) is 0 Å². The van der Waals surface area contributed by atoms with E-state index in [9.17, 15) is 0 Å². The monoisotopic (exact) mass is 266 g/mol. The van der Waals surface area contributed by atoms with Crippen molar-refractivity contribution in [2.24, 2.45) is 11.7 Å². The van der Waals surface area contributed by atoms with Crippen molar-refractivity contribution in [1.82, 2.24) is 4.98 Å². The van der Waals surface area contributed by atoms with Gasteiger partial charge in [0.05, 0.1) is 5.01 Å². The van der Waals surface area contributed by atoms with E-state index in [1.807, 2.05) is 29.8 Å². The number of thiazole rings is 1. The van der Waals surface area contributed by atoms with Crippen molar-refractivity contribution >= 4 is 22.9 Å². The minimum Gasteiger partial charge on any atom is -0.330 e.